The van der Waals surface area contributed by atoms with Crippen LogP contribution in [0.3, 0.4) is 0 Å². The predicted molar refractivity (Wildman–Crippen MR) is 97.4 cm³/mol. The maximum Gasteiger partial charge on any atom is 0.387 e. The van der Waals surface area contributed by atoms with Crippen LogP contribution in [0.5, 0.6) is 17.2 Å². The quantitative estimate of drug-likeness (QED) is 0.513. The first-order valence-corrected chi connectivity index (χ1v) is 8.32. The molecule has 0 unspecified atom stereocenters. The van der Waals surface area contributed by atoms with Crippen molar-refractivity contribution in [2.24, 2.45) is 0 Å². The smallest absolute Gasteiger partial charge is 0.387 e. The van der Waals surface area contributed by atoms with Crippen molar-refractivity contribution in [3.05, 3.63) is 71.0 Å². The van der Waals surface area contributed by atoms with Crippen molar-refractivity contribution in [2.75, 3.05) is 6.61 Å². The number of alkyl halides is 2. The van der Waals surface area contributed by atoms with E-state index >= 15 is 0 Å². The summed E-state index contributed by atoms with van der Waals surface area (Å²) in [6, 6.07) is 11.1. The van der Waals surface area contributed by atoms with Gasteiger partial charge in [-0.25, -0.2) is 0 Å². The van der Waals surface area contributed by atoms with Crippen LogP contribution in [0.4, 0.5) is 8.78 Å². The van der Waals surface area contributed by atoms with Crippen molar-refractivity contribution in [2.45, 2.75) is 20.5 Å². The van der Waals surface area contributed by atoms with E-state index in [4.69, 9.17) is 9.47 Å². The average Bonchev–Trinajstić information content (AvgIpc) is 2.91. The van der Waals surface area contributed by atoms with Gasteiger partial charge < -0.3 is 14.2 Å². The number of carbonyl (C=O) groups excluding carboxylic acids is 1. The second kappa shape index (κ2) is 8.03. The molecule has 0 atom stereocenters. The average molecular weight is 372 g/mol. The van der Waals surface area contributed by atoms with Crippen LogP contribution in [0.25, 0.3) is 6.08 Å². The number of hydrogen-bond donors (Lipinski definition) is 0. The summed E-state index contributed by atoms with van der Waals surface area (Å²) in [6.07, 6.45) is 3.33. The van der Waals surface area contributed by atoms with Crippen molar-refractivity contribution in [1.29, 1.82) is 0 Å². The number of hydrogen-bond acceptors (Lipinski definition) is 4. The second-order valence-corrected chi connectivity index (χ2v) is 6.11. The molecule has 1 heterocycles. The number of ketones is 1. The van der Waals surface area contributed by atoms with Crippen LogP contribution in [0, 0.1) is 0 Å². The Morgan fingerprint density at radius 1 is 1.19 bits per heavy atom. The number of Topliss-reactive ketones (excluding diaryl/α,β-unsaturated/α-hetero) is 1. The summed E-state index contributed by atoms with van der Waals surface area (Å²) in [5.74, 6) is 0.623. The van der Waals surface area contributed by atoms with Crippen LogP contribution in [0.15, 0.2) is 59.9 Å². The van der Waals surface area contributed by atoms with E-state index in [0.29, 0.717) is 29.2 Å². The Bertz CT molecular complexity index is 912. The molecule has 4 nitrogen and oxygen atoms in total. The Hall–Kier alpha value is -3.15. The Balaban J connectivity index is 1.82. The van der Waals surface area contributed by atoms with Gasteiger partial charge in [0, 0.05) is 11.6 Å². The van der Waals surface area contributed by atoms with Crippen LogP contribution >= 0.6 is 0 Å². The molecule has 0 aromatic heterocycles. The fourth-order valence-electron chi connectivity index (χ4n) is 2.51. The lowest BCUT2D eigenvalue weighted by molar-refractivity contribution is -0.0499. The van der Waals surface area contributed by atoms with Crippen molar-refractivity contribution in [1.82, 2.24) is 0 Å². The number of para-hydroxylation sites is 1. The molecule has 0 saturated heterocycles. The zero-order chi connectivity index (χ0) is 19.4. The molecular formula is C21H18F2O4. The summed E-state index contributed by atoms with van der Waals surface area (Å²) in [5.41, 5.74) is 1.86. The predicted octanol–water partition coefficient (Wildman–Crippen LogP) is 5.25. The van der Waals surface area contributed by atoms with Crippen LogP contribution in [0.1, 0.15) is 29.8 Å². The third-order valence-corrected chi connectivity index (χ3v) is 3.80. The second-order valence-electron chi connectivity index (χ2n) is 6.11. The molecule has 0 amide bonds. The van der Waals surface area contributed by atoms with Crippen LogP contribution < -0.4 is 14.2 Å². The molecule has 27 heavy (non-hydrogen) atoms. The lowest BCUT2D eigenvalue weighted by Crippen LogP contribution is -2.04. The molecule has 6 heteroatoms. The Morgan fingerprint density at radius 3 is 2.70 bits per heavy atom. The van der Waals surface area contributed by atoms with Gasteiger partial charge in [0.1, 0.15) is 23.9 Å². The minimum atomic E-state index is -2.96. The minimum absolute atomic E-state index is 0.0295. The molecule has 0 fully saturated rings. The van der Waals surface area contributed by atoms with Gasteiger partial charge in [-0.15, -0.1) is 0 Å². The van der Waals surface area contributed by atoms with Gasteiger partial charge in [-0.1, -0.05) is 23.8 Å². The first kappa shape index (κ1) is 18.6. The molecule has 2 aromatic carbocycles. The highest BCUT2D eigenvalue weighted by Crippen LogP contribution is 2.35. The molecule has 1 aliphatic heterocycles. The Labute approximate surface area is 155 Å². The zero-order valence-electron chi connectivity index (χ0n) is 14.9. The van der Waals surface area contributed by atoms with E-state index in [9.17, 15) is 13.6 Å². The summed E-state index contributed by atoms with van der Waals surface area (Å²) >= 11 is 0. The van der Waals surface area contributed by atoms with E-state index in [1.165, 1.54) is 12.1 Å². The number of benzene rings is 2. The van der Waals surface area contributed by atoms with Crippen LogP contribution in [0.2, 0.25) is 0 Å². The van der Waals surface area contributed by atoms with Crippen molar-refractivity contribution >= 4 is 11.9 Å². The number of allylic oxidation sites excluding steroid dienone is 2. The topological polar surface area (TPSA) is 44.8 Å². The molecule has 140 valence electrons. The van der Waals surface area contributed by atoms with Crippen molar-refractivity contribution < 1.29 is 27.8 Å². The number of halogens is 2. The highest BCUT2D eigenvalue weighted by molar-refractivity contribution is 6.14. The molecular weight excluding hydrogens is 354 g/mol. The summed E-state index contributed by atoms with van der Waals surface area (Å²) < 4.78 is 40.8. The molecule has 2 aromatic rings. The maximum absolute atomic E-state index is 12.5. The molecule has 1 aliphatic rings. The molecule has 0 aliphatic carbocycles. The van der Waals surface area contributed by atoms with Crippen molar-refractivity contribution in [3.8, 4) is 17.2 Å². The third kappa shape index (κ3) is 4.53. The fraction of sp³-hybridized carbons (Fsp3) is 0.190. The first-order valence-electron chi connectivity index (χ1n) is 8.32. The molecule has 3 rings (SSSR count). The summed E-state index contributed by atoms with van der Waals surface area (Å²) in [6.45, 7) is 1.40. The fourth-order valence-corrected chi connectivity index (χ4v) is 2.51. The van der Waals surface area contributed by atoms with E-state index in [1.54, 1.807) is 36.4 Å². The number of carbonyl (C=O) groups is 1. The van der Waals surface area contributed by atoms with Gasteiger partial charge in [0.2, 0.25) is 5.78 Å². The van der Waals surface area contributed by atoms with Gasteiger partial charge in [-0.05, 0) is 44.2 Å². The lowest BCUT2D eigenvalue weighted by Gasteiger charge is -2.08. The monoisotopic (exact) mass is 372 g/mol. The van der Waals surface area contributed by atoms with Gasteiger partial charge in [0.25, 0.3) is 0 Å². The normalized spacial score (nSPS) is 14.1. The van der Waals surface area contributed by atoms with E-state index < -0.39 is 6.61 Å². The maximum atomic E-state index is 12.5. The minimum Gasteiger partial charge on any atom is -0.489 e. The molecule has 0 bridgehead atoms. The molecule has 0 saturated carbocycles. The Kier molecular flexibility index (Phi) is 5.54. The van der Waals surface area contributed by atoms with Gasteiger partial charge in [-0.2, -0.15) is 8.78 Å². The summed E-state index contributed by atoms with van der Waals surface area (Å²) in [7, 11) is 0. The van der Waals surface area contributed by atoms with E-state index in [0.717, 1.165) is 5.57 Å². The Morgan fingerprint density at radius 2 is 1.96 bits per heavy atom. The molecule has 0 N–H and O–H groups in total. The van der Waals surface area contributed by atoms with Gasteiger partial charge in [0.05, 0.1) is 5.56 Å². The van der Waals surface area contributed by atoms with Crippen molar-refractivity contribution in [3.63, 3.8) is 0 Å². The first-order chi connectivity index (χ1) is 12.9. The highest BCUT2D eigenvalue weighted by Gasteiger charge is 2.28. The van der Waals surface area contributed by atoms with E-state index in [2.05, 4.69) is 4.74 Å². The van der Waals surface area contributed by atoms with Gasteiger partial charge in [-0.3, -0.25) is 4.79 Å². The van der Waals surface area contributed by atoms with Gasteiger partial charge >= 0.3 is 6.61 Å². The SMILES string of the molecule is CC(C)=CCOc1ccc2c(c1)O/C(=C\c1ccccc1OC(F)F)C2=O. The standard InChI is InChI=1S/C21H18F2O4/c1-13(2)9-10-25-15-7-8-16-18(12-15)26-19(20(16)24)11-14-5-3-4-6-17(14)27-21(22)23/h3-9,11-12,21H,10H2,1-2H3/b19-11-. The largest absolute Gasteiger partial charge is 0.489 e. The van der Waals surface area contributed by atoms with E-state index in [1.807, 2.05) is 19.9 Å². The summed E-state index contributed by atoms with van der Waals surface area (Å²) in [4.78, 5) is 12.5. The number of rotatable bonds is 6. The zero-order valence-corrected chi connectivity index (χ0v) is 14.9. The molecule has 0 spiro atoms. The molecule has 0 radical (unpaired) electrons. The van der Waals surface area contributed by atoms with Crippen LogP contribution in [-0.2, 0) is 0 Å². The third-order valence-electron chi connectivity index (χ3n) is 3.80. The van der Waals surface area contributed by atoms with E-state index in [-0.39, 0.29) is 17.3 Å². The summed E-state index contributed by atoms with van der Waals surface area (Å²) in [5, 5.41) is 0. The van der Waals surface area contributed by atoms with Gasteiger partial charge in [0.15, 0.2) is 5.76 Å². The lowest BCUT2D eigenvalue weighted by atomic mass is 10.1. The highest BCUT2D eigenvalue weighted by atomic mass is 19.3. The number of ether oxygens (including phenoxy) is 3. The number of fused-ring (bicyclic) bond motifs is 1. The van der Waals surface area contributed by atoms with Crippen LogP contribution in [-0.4, -0.2) is 19.0 Å².